The number of amides is 1. The number of rotatable bonds is 7. The van der Waals surface area contributed by atoms with Gasteiger partial charge in [0.25, 0.3) is 0 Å². The van der Waals surface area contributed by atoms with Gasteiger partial charge in [-0.25, -0.2) is 4.98 Å². The van der Waals surface area contributed by atoms with Crippen LogP contribution in [0.3, 0.4) is 0 Å². The topological polar surface area (TPSA) is 46.9 Å². The van der Waals surface area contributed by atoms with Gasteiger partial charge in [0.1, 0.15) is 5.82 Å². The van der Waals surface area contributed by atoms with Crippen LogP contribution in [-0.4, -0.2) is 22.0 Å². The highest BCUT2D eigenvalue weighted by Gasteiger charge is 2.12. The number of fused-ring (bicyclic) bond motifs is 1. The second-order valence-corrected chi connectivity index (χ2v) is 7.73. The summed E-state index contributed by atoms with van der Waals surface area (Å²) in [5.41, 5.74) is 6.89. The summed E-state index contributed by atoms with van der Waals surface area (Å²) in [4.78, 5) is 17.3. The number of hydrogen-bond donors (Lipinski definition) is 1. The van der Waals surface area contributed by atoms with E-state index in [1.807, 2.05) is 49.4 Å². The Morgan fingerprint density at radius 2 is 1.50 bits per heavy atom. The molecule has 0 radical (unpaired) electrons. The number of carbonyl (C=O) groups is 1. The Bertz CT molecular complexity index is 1180. The van der Waals surface area contributed by atoms with Crippen molar-refractivity contribution < 1.29 is 4.79 Å². The van der Waals surface area contributed by atoms with E-state index >= 15 is 0 Å². The molecule has 0 bridgehead atoms. The minimum absolute atomic E-state index is 0.0471. The van der Waals surface area contributed by atoms with Gasteiger partial charge in [0.15, 0.2) is 0 Å². The van der Waals surface area contributed by atoms with Crippen LogP contribution in [0, 0.1) is 13.8 Å². The molecule has 30 heavy (non-hydrogen) atoms. The number of benzene rings is 3. The number of para-hydroxylation sites is 2. The number of carbonyl (C=O) groups excluding carboxylic acids is 1. The van der Waals surface area contributed by atoms with E-state index in [2.05, 4.69) is 47.1 Å². The van der Waals surface area contributed by atoms with Crippen molar-refractivity contribution in [3.8, 4) is 0 Å². The third-order valence-electron chi connectivity index (χ3n) is 5.61. The highest BCUT2D eigenvalue weighted by molar-refractivity contribution is 5.79. The van der Waals surface area contributed by atoms with Crippen LogP contribution in [-0.2, 0) is 24.2 Å². The molecule has 1 heterocycles. The Hall–Kier alpha value is -3.40. The van der Waals surface area contributed by atoms with Gasteiger partial charge in [-0.1, -0.05) is 60.7 Å². The van der Waals surface area contributed by atoms with Gasteiger partial charge in [0, 0.05) is 19.5 Å². The van der Waals surface area contributed by atoms with E-state index in [1.165, 1.54) is 11.1 Å². The fourth-order valence-electron chi connectivity index (χ4n) is 3.81. The van der Waals surface area contributed by atoms with Gasteiger partial charge in [-0.05, 0) is 48.2 Å². The summed E-state index contributed by atoms with van der Waals surface area (Å²) in [7, 11) is 0. The zero-order valence-corrected chi connectivity index (χ0v) is 17.6. The lowest BCUT2D eigenvalue weighted by atomic mass is 10.1. The molecule has 4 nitrogen and oxygen atoms in total. The Kier molecular flexibility index (Phi) is 5.94. The molecular formula is C26H27N3O. The minimum atomic E-state index is 0.0471. The average molecular weight is 398 g/mol. The lowest BCUT2D eigenvalue weighted by Crippen LogP contribution is -2.28. The number of nitrogens with one attached hydrogen (secondary N) is 1. The first-order valence-electron chi connectivity index (χ1n) is 10.4. The van der Waals surface area contributed by atoms with Crippen LogP contribution >= 0.6 is 0 Å². The van der Waals surface area contributed by atoms with Crippen LogP contribution in [0.5, 0.6) is 0 Å². The molecule has 0 aliphatic rings. The third kappa shape index (κ3) is 4.43. The predicted octanol–water partition coefficient (Wildman–Crippen LogP) is 4.60. The lowest BCUT2D eigenvalue weighted by molar-refractivity contribution is -0.120. The van der Waals surface area contributed by atoms with Crippen molar-refractivity contribution in [2.75, 3.05) is 6.54 Å². The zero-order chi connectivity index (χ0) is 20.9. The summed E-state index contributed by atoms with van der Waals surface area (Å²) in [6, 6.07) is 24.7. The monoisotopic (exact) mass is 397 g/mol. The maximum Gasteiger partial charge on any atom is 0.224 e. The molecule has 0 aliphatic carbocycles. The quantitative estimate of drug-likeness (QED) is 0.495. The summed E-state index contributed by atoms with van der Waals surface area (Å²) in [5.74, 6) is 1.04. The van der Waals surface area contributed by atoms with E-state index in [9.17, 15) is 4.79 Å². The van der Waals surface area contributed by atoms with Crippen molar-refractivity contribution in [2.24, 2.45) is 0 Å². The first-order valence-corrected chi connectivity index (χ1v) is 10.4. The van der Waals surface area contributed by atoms with Gasteiger partial charge >= 0.3 is 0 Å². The van der Waals surface area contributed by atoms with Crippen molar-refractivity contribution >= 4 is 16.9 Å². The van der Waals surface area contributed by atoms with Gasteiger partial charge in [0.05, 0.1) is 17.5 Å². The summed E-state index contributed by atoms with van der Waals surface area (Å²) >= 11 is 0. The second kappa shape index (κ2) is 8.95. The zero-order valence-electron chi connectivity index (χ0n) is 17.6. The van der Waals surface area contributed by atoms with Crippen LogP contribution in [0.25, 0.3) is 11.0 Å². The second-order valence-electron chi connectivity index (χ2n) is 7.73. The number of nitrogens with zero attached hydrogens (tertiary/aromatic N) is 2. The van der Waals surface area contributed by atoms with Crippen LogP contribution in [0.4, 0.5) is 0 Å². The van der Waals surface area contributed by atoms with Crippen LogP contribution in [0.1, 0.15) is 28.1 Å². The number of hydrogen-bond acceptors (Lipinski definition) is 2. The SMILES string of the molecule is Cc1ccccc1CC(=O)NCCc1nc2ccccc2n1Cc1ccccc1C. The molecular weight excluding hydrogens is 370 g/mol. The Labute approximate surface area is 177 Å². The molecule has 1 N–H and O–H groups in total. The molecule has 1 aromatic heterocycles. The van der Waals surface area contributed by atoms with E-state index in [0.717, 1.165) is 34.5 Å². The number of aromatic nitrogens is 2. The van der Waals surface area contributed by atoms with E-state index in [0.29, 0.717) is 19.4 Å². The Morgan fingerprint density at radius 1 is 0.867 bits per heavy atom. The molecule has 0 spiro atoms. The summed E-state index contributed by atoms with van der Waals surface area (Å²) in [5, 5.41) is 3.06. The van der Waals surface area contributed by atoms with E-state index in [4.69, 9.17) is 4.98 Å². The van der Waals surface area contributed by atoms with Crippen molar-refractivity contribution in [3.63, 3.8) is 0 Å². The first kappa shape index (κ1) is 19.9. The molecule has 0 atom stereocenters. The molecule has 0 saturated carbocycles. The minimum Gasteiger partial charge on any atom is -0.355 e. The van der Waals surface area contributed by atoms with Crippen LogP contribution < -0.4 is 5.32 Å². The van der Waals surface area contributed by atoms with Gasteiger partial charge in [-0.15, -0.1) is 0 Å². The summed E-state index contributed by atoms with van der Waals surface area (Å²) in [6.45, 7) is 5.53. The Balaban J connectivity index is 1.48. The van der Waals surface area contributed by atoms with Gasteiger partial charge in [0.2, 0.25) is 5.91 Å². The third-order valence-corrected chi connectivity index (χ3v) is 5.61. The summed E-state index contributed by atoms with van der Waals surface area (Å²) in [6.07, 6.45) is 1.10. The fraction of sp³-hybridized carbons (Fsp3) is 0.231. The predicted molar refractivity (Wildman–Crippen MR) is 122 cm³/mol. The molecule has 4 heteroatoms. The van der Waals surface area contributed by atoms with Crippen LogP contribution in [0.15, 0.2) is 72.8 Å². The standard InChI is InChI=1S/C26H27N3O/c1-19-9-3-5-11-21(19)17-26(30)27-16-15-25-28-23-13-7-8-14-24(23)29(25)18-22-12-6-4-10-20(22)2/h3-14H,15-18H2,1-2H3,(H,27,30). The number of imidazole rings is 1. The van der Waals surface area contributed by atoms with E-state index < -0.39 is 0 Å². The van der Waals surface area contributed by atoms with Crippen LogP contribution in [0.2, 0.25) is 0 Å². The molecule has 0 aliphatic heterocycles. The molecule has 0 fully saturated rings. The van der Waals surface area contributed by atoms with Gasteiger partial charge in [-0.2, -0.15) is 0 Å². The summed E-state index contributed by atoms with van der Waals surface area (Å²) < 4.78 is 2.27. The smallest absolute Gasteiger partial charge is 0.224 e. The molecule has 152 valence electrons. The fourth-order valence-corrected chi connectivity index (χ4v) is 3.81. The number of aryl methyl sites for hydroxylation is 2. The highest BCUT2D eigenvalue weighted by Crippen LogP contribution is 2.19. The molecule has 4 aromatic rings. The van der Waals surface area contributed by atoms with E-state index in [1.54, 1.807) is 0 Å². The van der Waals surface area contributed by atoms with Gasteiger partial charge < -0.3 is 9.88 Å². The molecule has 0 unspecified atom stereocenters. The maximum absolute atomic E-state index is 12.4. The first-order chi connectivity index (χ1) is 14.6. The van der Waals surface area contributed by atoms with Crippen molar-refractivity contribution in [2.45, 2.75) is 33.2 Å². The van der Waals surface area contributed by atoms with Crippen molar-refractivity contribution in [1.29, 1.82) is 0 Å². The largest absolute Gasteiger partial charge is 0.355 e. The highest BCUT2D eigenvalue weighted by atomic mass is 16.1. The van der Waals surface area contributed by atoms with Crippen molar-refractivity contribution in [3.05, 3.63) is 101 Å². The molecule has 4 rings (SSSR count). The molecule has 3 aromatic carbocycles. The van der Waals surface area contributed by atoms with E-state index in [-0.39, 0.29) is 5.91 Å². The normalized spacial score (nSPS) is 11.0. The van der Waals surface area contributed by atoms with Crippen molar-refractivity contribution in [1.82, 2.24) is 14.9 Å². The lowest BCUT2D eigenvalue weighted by Gasteiger charge is -2.12. The maximum atomic E-state index is 12.4. The molecule has 1 amide bonds. The molecule has 0 saturated heterocycles. The Morgan fingerprint density at radius 3 is 2.23 bits per heavy atom. The van der Waals surface area contributed by atoms with Gasteiger partial charge in [-0.3, -0.25) is 4.79 Å². The average Bonchev–Trinajstić information content (AvgIpc) is 3.09.